The van der Waals surface area contributed by atoms with E-state index in [9.17, 15) is 0 Å². The molecule has 1 rings (SSSR count). The average molecular weight is 277 g/mol. The topological polar surface area (TPSA) is 35.2 Å². The first-order valence-electron chi connectivity index (χ1n) is 8.08. The molecule has 0 bridgehead atoms. The summed E-state index contributed by atoms with van der Waals surface area (Å²) in [5.74, 6) is 1.58. The molecule has 1 unspecified atom stereocenters. The summed E-state index contributed by atoms with van der Waals surface area (Å²) in [6.07, 6.45) is 5.51. The summed E-state index contributed by atoms with van der Waals surface area (Å²) in [5.41, 5.74) is 8.97. The second-order valence-electron chi connectivity index (χ2n) is 5.93. The van der Waals surface area contributed by atoms with Crippen LogP contribution in [0.2, 0.25) is 0 Å². The molecule has 0 aliphatic rings. The summed E-state index contributed by atoms with van der Waals surface area (Å²) in [6.45, 7) is 9.53. The number of benzene rings is 1. The van der Waals surface area contributed by atoms with Crippen molar-refractivity contribution < 1.29 is 4.74 Å². The molecule has 2 nitrogen and oxygen atoms in total. The highest BCUT2D eigenvalue weighted by atomic mass is 16.5. The van der Waals surface area contributed by atoms with Crippen LogP contribution in [0.5, 0.6) is 5.75 Å². The van der Waals surface area contributed by atoms with Crippen molar-refractivity contribution in [2.75, 3.05) is 6.61 Å². The van der Waals surface area contributed by atoms with Crippen molar-refractivity contribution in [3.05, 3.63) is 29.3 Å². The predicted molar refractivity (Wildman–Crippen MR) is 87.4 cm³/mol. The molecule has 0 spiro atoms. The first-order chi connectivity index (χ1) is 9.58. The van der Waals surface area contributed by atoms with Crippen LogP contribution in [-0.2, 0) is 12.8 Å². The van der Waals surface area contributed by atoms with Gasteiger partial charge < -0.3 is 10.5 Å². The van der Waals surface area contributed by atoms with Gasteiger partial charge in [-0.05, 0) is 61.3 Å². The van der Waals surface area contributed by atoms with Crippen LogP contribution < -0.4 is 10.5 Å². The zero-order valence-electron chi connectivity index (χ0n) is 13.6. The van der Waals surface area contributed by atoms with Crippen molar-refractivity contribution in [3.63, 3.8) is 0 Å². The minimum absolute atomic E-state index is 0.326. The number of hydrogen-bond donors (Lipinski definition) is 1. The zero-order valence-corrected chi connectivity index (χ0v) is 13.6. The molecule has 1 aromatic rings. The van der Waals surface area contributed by atoms with E-state index in [0.29, 0.717) is 12.0 Å². The van der Waals surface area contributed by atoms with Gasteiger partial charge in [0, 0.05) is 6.04 Å². The molecule has 2 N–H and O–H groups in total. The quantitative estimate of drug-likeness (QED) is 0.728. The monoisotopic (exact) mass is 277 g/mol. The maximum Gasteiger partial charge on any atom is 0.119 e. The van der Waals surface area contributed by atoms with E-state index < -0.39 is 0 Å². The van der Waals surface area contributed by atoms with Crippen LogP contribution >= 0.6 is 0 Å². The maximum atomic E-state index is 6.11. The number of hydrogen-bond acceptors (Lipinski definition) is 2. The van der Waals surface area contributed by atoms with E-state index in [2.05, 4.69) is 45.9 Å². The van der Waals surface area contributed by atoms with Gasteiger partial charge >= 0.3 is 0 Å². The summed E-state index contributed by atoms with van der Waals surface area (Å²) in [7, 11) is 0. The molecule has 20 heavy (non-hydrogen) atoms. The van der Waals surface area contributed by atoms with Crippen LogP contribution in [0.25, 0.3) is 0 Å². The van der Waals surface area contributed by atoms with Gasteiger partial charge in [-0.2, -0.15) is 0 Å². The molecule has 0 saturated heterocycles. The van der Waals surface area contributed by atoms with Crippen LogP contribution in [0.3, 0.4) is 0 Å². The average Bonchev–Trinajstić information content (AvgIpc) is 2.45. The minimum atomic E-state index is 0.326. The first kappa shape index (κ1) is 17.0. The normalized spacial score (nSPS) is 12.7. The summed E-state index contributed by atoms with van der Waals surface area (Å²) in [4.78, 5) is 0. The number of aryl methyl sites for hydroxylation is 2. The molecule has 0 heterocycles. The Morgan fingerprint density at radius 1 is 1.15 bits per heavy atom. The van der Waals surface area contributed by atoms with Gasteiger partial charge in [0.25, 0.3) is 0 Å². The van der Waals surface area contributed by atoms with Gasteiger partial charge in [-0.15, -0.1) is 0 Å². The van der Waals surface area contributed by atoms with Crippen molar-refractivity contribution in [3.8, 4) is 5.75 Å². The minimum Gasteiger partial charge on any atom is -0.494 e. The van der Waals surface area contributed by atoms with E-state index in [4.69, 9.17) is 10.5 Å². The summed E-state index contributed by atoms with van der Waals surface area (Å²) in [5, 5.41) is 0. The lowest BCUT2D eigenvalue weighted by atomic mass is 9.95. The molecule has 0 radical (unpaired) electrons. The molecule has 1 atom stereocenters. The Balaban J connectivity index is 2.56. The molecule has 0 aromatic heterocycles. The molecular weight excluding hydrogens is 246 g/mol. The Labute approximate surface area is 124 Å². The Hall–Kier alpha value is -1.02. The van der Waals surface area contributed by atoms with Crippen molar-refractivity contribution in [2.24, 2.45) is 11.7 Å². The van der Waals surface area contributed by atoms with Gasteiger partial charge in [0.15, 0.2) is 0 Å². The Kier molecular flexibility index (Phi) is 7.68. The van der Waals surface area contributed by atoms with Crippen molar-refractivity contribution >= 4 is 0 Å². The lowest BCUT2D eigenvalue weighted by Crippen LogP contribution is -2.26. The molecule has 114 valence electrons. The SMILES string of the molecule is CCCOc1ccc(CCCC(N)C(C)C)c(CC)c1. The molecule has 0 amide bonds. The van der Waals surface area contributed by atoms with Crippen molar-refractivity contribution in [2.45, 2.75) is 65.8 Å². The van der Waals surface area contributed by atoms with Crippen LogP contribution in [0, 0.1) is 5.92 Å². The van der Waals surface area contributed by atoms with E-state index in [0.717, 1.165) is 38.0 Å². The third-order valence-corrected chi connectivity index (χ3v) is 3.87. The molecule has 0 aliphatic carbocycles. The fourth-order valence-corrected chi connectivity index (χ4v) is 2.35. The summed E-state index contributed by atoms with van der Waals surface area (Å²) in [6, 6.07) is 6.86. The smallest absolute Gasteiger partial charge is 0.119 e. The Morgan fingerprint density at radius 2 is 1.90 bits per heavy atom. The Bertz CT molecular complexity index is 387. The van der Waals surface area contributed by atoms with E-state index in [1.54, 1.807) is 0 Å². The van der Waals surface area contributed by atoms with Gasteiger partial charge in [-0.3, -0.25) is 0 Å². The van der Waals surface area contributed by atoms with Gasteiger partial charge in [-0.1, -0.05) is 33.8 Å². The fraction of sp³-hybridized carbons (Fsp3) is 0.667. The molecule has 2 heteroatoms. The molecule has 0 saturated carbocycles. The van der Waals surface area contributed by atoms with Crippen LogP contribution in [0.15, 0.2) is 18.2 Å². The standard InChI is InChI=1S/C18H31NO/c1-5-12-20-17-11-10-16(15(6-2)13-17)8-7-9-18(19)14(3)4/h10-11,13-14,18H,5-9,12,19H2,1-4H3. The van der Waals surface area contributed by atoms with E-state index >= 15 is 0 Å². The third kappa shape index (κ3) is 5.54. The highest BCUT2D eigenvalue weighted by molar-refractivity contribution is 5.35. The maximum absolute atomic E-state index is 6.11. The van der Waals surface area contributed by atoms with Crippen LogP contribution in [-0.4, -0.2) is 12.6 Å². The lowest BCUT2D eigenvalue weighted by Gasteiger charge is -2.16. The number of ether oxygens (including phenoxy) is 1. The number of rotatable bonds is 9. The van der Waals surface area contributed by atoms with Gasteiger partial charge in [0.1, 0.15) is 5.75 Å². The zero-order chi connectivity index (χ0) is 15.0. The highest BCUT2D eigenvalue weighted by Gasteiger charge is 2.08. The van der Waals surface area contributed by atoms with Crippen molar-refractivity contribution in [1.29, 1.82) is 0 Å². The van der Waals surface area contributed by atoms with E-state index in [1.807, 2.05) is 0 Å². The largest absolute Gasteiger partial charge is 0.494 e. The van der Waals surface area contributed by atoms with Gasteiger partial charge in [-0.25, -0.2) is 0 Å². The van der Waals surface area contributed by atoms with Gasteiger partial charge in [0.05, 0.1) is 6.61 Å². The number of nitrogens with two attached hydrogens (primary N) is 1. The predicted octanol–water partition coefficient (Wildman–Crippen LogP) is 4.34. The lowest BCUT2D eigenvalue weighted by molar-refractivity contribution is 0.317. The van der Waals surface area contributed by atoms with Gasteiger partial charge in [0.2, 0.25) is 0 Å². The van der Waals surface area contributed by atoms with Crippen LogP contribution in [0.1, 0.15) is 58.1 Å². The van der Waals surface area contributed by atoms with E-state index in [1.165, 1.54) is 17.5 Å². The fourth-order valence-electron chi connectivity index (χ4n) is 2.35. The highest BCUT2D eigenvalue weighted by Crippen LogP contribution is 2.21. The first-order valence-corrected chi connectivity index (χ1v) is 8.08. The second kappa shape index (κ2) is 9.02. The second-order valence-corrected chi connectivity index (χ2v) is 5.93. The molecule has 0 fully saturated rings. The summed E-state index contributed by atoms with van der Waals surface area (Å²) < 4.78 is 5.71. The van der Waals surface area contributed by atoms with Crippen LogP contribution in [0.4, 0.5) is 0 Å². The Morgan fingerprint density at radius 3 is 2.50 bits per heavy atom. The van der Waals surface area contributed by atoms with Crippen molar-refractivity contribution in [1.82, 2.24) is 0 Å². The molecular formula is C18H31NO. The third-order valence-electron chi connectivity index (χ3n) is 3.87. The molecule has 0 aliphatic heterocycles. The summed E-state index contributed by atoms with van der Waals surface area (Å²) >= 11 is 0. The van der Waals surface area contributed by atoms with E-state index in [-0.39, 0.29) is 0 Å². The molecule has 1 aromatic carbocycles.